The molecule has 1 aromatic rings. The molecule has 0 saturated heterocycles. The monoisotopic (exact) mass is 198 g/mol. The number of rotatable bonds is 1. The molecule has 4 nitrogen and oxygen atoms in total. The minimum Gasteiger partial charge on any atom is -0.507 e. The number of hydrogen-bond acceptors (Lipinski definition) is 3. The van der Waals surface area contributed by atoms with E-state index in [4.69, 9.17) is 15.3 Å². The zero-order chi connectivity index (χ0) is 11.1. The first-order valence-electron chi connectivity index (χ1n) is 4.16. The molecule has 0 amide bonds. The van der Waals surface area contributed by atoms with Crippen LogP contribution in [0.15, 0.2) is 18.2 Å². The number of aliphatic hydroxyl groups is 1. The van der Waals surface area contributed by atoms with Crippen molar-refractivity contribution in [2.24, 2.45) is 0 Å². The second-order valence-electron chi connectivity index (χ2n) is 2.64. The fraction of sp³-hybridized carbons (Fsp3) is 0.300. The van der Waals surface area contributed by atoms with Gasteiger partial charge in [-0.3, -0.25) is 0 Å². The van der Waals surface area contributed by atoms with Gasteiger partial charge in [0.2, 0.25) is 0 Å². The van der Waals surface area contributed by atoms with Crippen LogP contribution in [-0.4, -0.2) is 27.9 Å². The van der Waals surface area contributed by atoms with Gasteiger partial charge in [0, 0.05) is 6.61 Å². The minimum absolute atomic E-state index is 0.0596. The highest BCUT2D eigenvalue weighted by atomic mass is 16.4. The largest absolute Gasteiger partial charge is 0.507 e. The summed E-state index contributed by atoms with van der Waals surface area (Å²) in [6, 6.07) is 4.44. The van der Waals surface area contributed by atoms with Gasteiger partial charge in [-0.2, -0.15) is 0 Å². The van der Waals surface area contributed by atoms with Crippen molar-refractivity contribution >= 4 is 5.97 Å². The molecule has 0 heterocycles. The van der Waals surface area contributed by atoms with Gasteiger partial charge in [-0.15, -0.1) is 0 Å². The van der Waals surface area contributed by atoms with Crippen LogP contribution in [0.2, 0.25) is 0 Å². The Morgan fingerprint density at radius 3 is 2.29 bits per heavy atom. The van der Waals surface area contributed by atoms with Crippen LogP contribution in [0.1, 0.15) is 22.8 Å². The lowest BCUT2D eigenvalue weighted by atomic mass is 10.1. The lowest BCUT2D eigenvalue weighted by Gasteiger charge is -1.98. The van der Waals surface area contributed by atoms with E-state index in [1.165, 1.54) is 12.1 Å². The zero-order valence-corrected chi connectivity index (χ0v) is 8.19. The predicted octanol–water partition coefficient (Wildman–Crippen LogP) is 1.40. The van der Waals surface area contributed by atoms with Crippen molar-refractivity contribution in [1.82, 2.24) is 0 Å². The van der Waals surface area contributed by atoms with E-state index >= 15 is 0 Å². The summed E-state index contributed by atoms with van der Waals surface area (Å²) in [7, 11) is 0. The number of aliphatic hydroxyl groups excluding tert-OH is 1. The Balaban J connectivity index is 0.000000500. The van der Waals surface area contributed by atoms with Crippen molar-refractivity contribution in [1.29, 1.82) is 0 Å². The van der Waals surface area contributed by atoms with Gasteiger partial charge in [-0.05, 0) is 31.5 Å². The van der Waals surface area contributed by atoms with Crippen LogP contribution in [0.3, 0.4) is 0 Å². The maximum atomic E-state index is 10.4. The lowest BCUT2D eigenvalue weighted by molar-refractivity contribution is 0.0693. The van der Waals surface area contributed by atoms with Gasteiger partial charge in [0.25, 0.3) is 0 Å². The molecule has 3 N–H and O–H groups in total. The highest BCUT2D eigenvalue weighted by Crippen LogP contribution is 2.17. The number of benzene rings is 1. The van der Waals surface area contributed by atoms with E-state index in [1.807, 2.05) is 0 Å². The fourth-order valence-corrected chi connectivity index (χ4v) is 0.823. The highest BCUT2D eigenvalue weighted by molar-refractivity contribution is 5.90. The van der Waals surface area contributed by atoms with Crippen molar-refractivity contribution in [3.63, 3.8) is 0 Å². The number of phenols is 1. The number of carbonyl (C=O) groups is 1. The molecule has 0 bridgehead atoms. The molecule has 0 spiro atoms. The number of aromatic carboxylic acids is 1. The van der Waals surface area contributed by atoms with Crippen molar-refractivity contribution in [3.05, 3.63) is 29.3 Å². The molecule has 0 atom stereocenters. The van der Waals surface area contributed by atoms with E-state index in [0.29, 0.717) is 0 Å². The lowest BCUT2D eigenvalue weighted by Crippen LogP contribution is -1.96. The molecule has 0 unspecified atom stereocenters. The third-order valence-corrected chi connectivity index (χ3v) is 1.38. The number of aryl methyl sites for hydroxylation is 1. The van der Waals surface area contributed by atoms with Crippen molar-refractivity contribution < 1.29 is 20.1 Å². The smallest absolute Gasteiger partial charge is 0.339 e. The molecular weight excluding hydrogens is 184 g/mol. The maximum absolute atomic E-state index is 10.4. The molecule has 4 heteroatoms. The zero-order valence-electron chi connectivity index (χ0n) is 8.19. The molecule has 78 valence electrons. The predicted molar refractivity (Wildman–Crippen MR) is 52.6 cm³/mol. The quantitative estimate of drug-likeness (QED) is 0.637. The van der Waals surface area contributed by atoms with Gasteiger partial charge >= 0.3 is 5.97 Å². The topological polar surface area (TPSA) is 77.8 Å². The Morgan fingerprint density at radius 2 is 1.93 bits per heavy atom. The SMILES string of the molecule is CCO.Cc1ccc(C(=O)O)c(O)c1. The molecule has 0 radical (unpaired) electrons. The van der Waals surface area contributed by atoms with Crippen LogP contribution < -0.4 is 0 Å². The average Bonchev–Trinajstić information content (AvgIpc) is 2.04. The van der Waals surface area contributed by atoms with Crippen LogP contribution in [-0.2, 0) is 0 Å². The van der Waals surface area contributed by atoms with E-state index < -0.39 is 5.97 Å². The summed E-state index contributed by atoms with van der Waals surface area (Å²) in [6.45, 7) is 3.71. The molecule has 14 heavy (non-hydrogen) atoms. The maximum Gasteiger partial charge on any atom is 0.339 e. The third-order valence-electron chi connectivity index (χ3n) is 1.38. The summed E-state index contributed by atoms with van der Waals surface area (Å²) in [6.07, 6.45) is 0. The van der Waals surface area contributed by atoms with Gasteiger partial charge in [-0.1, -0.05) is 6.07 Å². The molecule has 0 aliphatic carbocycles. The van der Waals surface area contributed by atoms with E-state index in [-0.39, 0.29) is 17.9 Å². The van der Waals surface area contributed by atoms with Gasteiger partial charge in [0.15, 0.2) is 0 Å². The standard InChI is InChI=1S/C8H8O3.C2H6O/c1-5-2-3-6(8(10)11)7(9)4-5;1-2-3/h2-4,9H,1H3,(H,10,11);3H,2H2,1H3. The van der Waals surface area contributed by atoms with Crippen LogP contribution in [0, 0.1) is 6.92 Å². The summed E-state index contributed by atoms with van der Waals surface area (Å²) >= 11 is 0. The fourth-order valence-electron chi connectivity index (χ4n) is 0.823. The second kappa shape index (κ2) is 5.99. The molecular formula is C10H14O4. The third kappa shape index (κ3) is 3.91. The molecule has 0 aliphatic rings. The highest BCUT2D eigenvalue weighted by Gasteiger charge is 2.07. The number of hydrogen-bond donors (Lipinski definition) is 3. The Hall–Kier alpha value is -1.55. The Kier molecular flexibility index (Phi) is 5.33. The van der Waals surface area contributed by atoms with Gasteiger partial charge in [-0.25, -0.2) is 4.79 Å². The molecule has 0 saturated carbocycles. The summed E-state index contributed by atoms with van der Waals surface area (Å²) < 4.78 is 0. The first-order valence-corrected chi connectivity index (χ1v) is 4.16. The van der Waals surface area contributed by atoms with Crippen molar-refractivity contribution in [2.45, 2.75) is 13.8 Å². The van der Waals surface area contributed by atoms with E-state index in [2.05, 4.69) is 0 Å². The molecule has 0 aromatic heterocycles. The van der Waals surface area contributed by atoms with E-state index in [0.717, 1.165) is 5.56 Å². The number of carboxylic acid groups (broad SMARTS) is 1. The first-order chi connectivity index (χ1) is 6.52. The van der Waals surface area contributed by atoms with E-state index in [9.17, 15) is 4.79 Å². The normalized spacial score (nSPS) is 8.79. The Labute approximate surface area is 82.4 Å². The second-order valence-corrected chi connectivity index (χ2v) is 2.64. The number of aromatic hydroxyl groups is 1. The van der Waals surface area contributed by atoms with Gasteiger partial charge in [0.1, 0.15) is 11.3 Å². The summed E-state index contributed by atoms with van der Waals surface area (Å²) in [5.41, 5.74) is 0.781. The molecule has 1 aromatic carbocycles. The van der Waals surface area contributed by atoms with Crippen LogP contribution >= 0.6 is 0 Å². The van der Waals surface area contributed by atoms with Crippen LogP contribution in [0.5, 0.6) is 5.75 Å². The summed E-state index contributed by atoms with van der Waals surface area (Å²) in [5, 5.41) is 25.1. The van der Waals surface area contributed by atoms with Crippen molar-refractivity contribution in [3.8, 4) is 5.75 Å². The van der Waals surface area contributed by atoms with Gasteiger partial charge < -0.3 is 15.3 Å². The van der Waals surface area contributed by atoms with Crippen molar-refractivity contribution in [2.75, 3.05) is 6.61 Å². The van der Waals surface area contributed by atoms with Gasteiger partial charge in [0.05, 0.1) is 0 Å². The van der Waals surface area contributed by atoms with Crippen LogP contribution in [0.25, 0.3) is 0 Å². The van der Waals surface area contributed by atoms with Crippen LogP contribution in [0.4, 0.5) is 0 Å². The Bertz CT molecular complexity index is 307. The molecule has 1 rings (SSSR count). The van der Waals surface area contributed by atoms with E-state index in [1.54, 1.807) is 19.9 Å². The minimum atomic E-state index is -1.11. The number of carboxylic acids is 1. The molecule has 0 aliphatic heterocycles. The first kappa shape index (κ1) is 12.4. The summed E-state index contributed by atoms with van der Waals surface area (Å²) in [4.78, 5) is 10.4. The Morgan fingerprint density at radius 1 is 1.43 bits per heavy atom. The average molecular weight is 198 g/mol. The molecule has 0 fully saturated rings. The summed E-state index contributed by atoms with van der Waals surface area (Å²) in [5.74, 6) is -1.29.